The Morgan fingerprint density at radius 2 is 1.95 bits per heavy atom. The number of aliphatic hydroxyl groups excluding tert-OH is 4. The van der Waals surface area contributed by atoms with Gasteiger partial charge in [0.15, 0.2) is 12.2 Å². The van der Waals surface area contributed by atoms with E-state index in [4.69, 9.17) is 24.7 Å². The zero-order valence-corrected chi connectivity index (χ0v) is 10.6. The van der Waals surface area contributed by atoms with Crippen LogP contribution in [0.25, 0.3) is 0 Å². The average Bonchev–Trinajstić information content (AvgIpc) is 2.26. The van der Waals surface area contributed by atoms with Crippen LogP contribution in [0, 0.1) is 0 Å². The van der Waals surface area contributed by atoms with Gasteiger partial charge in [0.05, 0.1) is 6.61 Å². The molecule has 1 rings (SSSR count). The number of aliphatic hydroxyl groups is 4. The summed E-state index contributed by atoms with van der Waals surface area (Å²) in [6.45, 7) is 2.37. The van der Waals surface area contributed by atoms with Crippen LogP contribution in [0.1, 0.15) is 0 Å². The zero-order chi connectivity index (χ0) is 14.8. The first-order chi connectivity index (χ1) is 8.65. The third-order valence-corrected chi connectivity index (χ3v) is 2.94. The Hall–Kier alpha value is -0.710. The summed E-state index contributed by atoms with van der Waals surface area (Å²) in [7, 11) is -4.95. The van der Waals surface area contributed by atoms with Crippen molar-refractivity contribution in [3.63, 3.8) is 0 Å². The van der Waals surface area contributed by atoms with Gasteiger partial charge in [-0.1, -0.05) is 0 Å². The molecule has 0 amide bonds. The fraction of sp³-hybridized carbons (Fsp3) is 0.750. The van der Waals surface area contributed by atoms with Gasteiger partial charge in [-0.3, -0.25) is 4.52 Å². The van der Waals surface area contributed by atoms with Crippen molar-refractivity contribution >= 4 is 7.82 Å². The molecule has 5 atom stereocenters. The second-order valence-electron chi connectivity index (χ2n) is 3.92. The van der Waals surface area contributed by atoms with Gasteiger partial charge in [0, 0.05) is 0 Å². The molecule has 0 bridgehead atoms. The maximum absolute atomic E-state index is 10.8. The predicted octanol–water partition coefficient (Wildman–Crippen LogP) is -2.48. The molecule has 0 aromatic rings. The third-order valence-electron chi connectivity index (χ3n) is 2.46. The smallest absolute Gasteiger partial charge is 0.472 e. The van der Waals surface area contributed by atoms with Crippen molar-refractivity contribution in [3.05, 3.63) is 12.5 Å². The van der Waals surface area contributed by atoms with Crippen molar-refractivity contribution in [2.45, 2.75) is 30.6 Å². The molecule has 1 saturated heterocycles. The molecule has 1 fully saturated rings. The van der Waals surface area contributed by atoms with E-state index in [1.54, 1.807) is 0 Å². The van der Waals surface area contributed by atoms with Crippen LogP contribution in [0.4, 0.5) is 0 Å². The van der Waals surface area contributed by atoms with Crippen molar-refractivity contribution in [1.29, 1.82) is 0 Å². The minimum absolute atomic E-state index is 0.624. The number of hydrogen-bond donors (Lipinski definition) is 7. The van der Waals surface area contributed by atoms with Crippen LogP contribution in [-0.2, 0) is 13.8 Å². The molecule has 19 heavy (non-hydrogen) atoms. The van der Waals surface area contributed by atoms with Crippen LogP contribution in [0.15, 0.2) is 12.5 Å². The number of phosphoric ester groups is 1. The van der Waals surface area contributed by atoms with Crippen molar-refractivity contribution in [2.75, 3.05) is 6.61 Å². The largest absolute Gasteiger partial charge is 0.495 e. The second-order valence-corrected chi connectivity index (χ2v) is 5.11. The highest BCUT2D eigenvalue weighted by molar-refractivity contribution is 7.46. The van der Waals surface area contributed by atoms with Crippen LogP contribution < -0.4 is 5.32 Å². The first-order valence-corrected chi connectivity index (χ1v) is 6.69. The highest BCUT2D eigenvalue weighted by Gasteiger charge is 2.47. The molecule has 0 unspecified atom stereocenters. The molecule has 11 heteroatoms. The Labute approximate surface area is 108 Å². The summed E-state index contributed by atoms with van der Waals surface area (Å²) in [4.78, 5) is 17.4. The van der Waals surface area contributed by atoms with E-state index in [9.17, 15) is 14.8 Å². The van der Waals surface area contributed by atoms with E-state index in [-0.39, 0.29) is 0 Å². The molecule has 7 N–H and O–H groups in total. The normalized spacial score (nSPS) is 35.9. The van der Waals surface area contributed by atoms with E-state index in [0.717, 1.165) is 0 Å². The lowest BCUT2D eigenvalue weighted by Gasteiger charge is -2.42. The molecule has 1 aliphatic heterocycles. The fourth-order valence-electron chi connectivity index (χ4n) is 1.65. The second kappa shape index (κ2) is 6.16. The Bertz CT molecular complexity index is 371. The van der Waals surface area contributed by atoms with Gasteiger partial charge >= 0.3 is 7.82 Å². The SMILES string of the molecule is C=C(O)N[C@H]1[C@@H](OP(=O)(O)O)O[C@H](CO)[C@@H](O)[C@@H]1O. The fourth-order valence-corrected chi connectivity index (χ4v) is 2.10. The number of rotatable bonds is 5. The van der Waals surface area contributed by atoms with Crippen molar-refractivity contribution < 1.29 is 44.0 Å². The van der Waals surface area contributed by atoms with Gasteiger partial charge in [-0.25, -0.2) is 4.57 Å². The van der Waals surface area contributed by atoms with Crippen LogP contribution in [0.2, 0.25) is 0 Å². The first kappa shape index (κ1) is 16.3. The van der Waals surface area contributed by atoms with Crippen LogP contribution in [0.3, 0.4) is 0 Å². The summed E-state index contributed by atoms with van der Waals surface area (Å²) in [5, 5.41) is 39.4. The van der Waals surface area contributed by atoms with E-state index < -0.39 is 51.0 Å². The molecule has 0 spiro atoms. The predicted molar refractivity (Wildman–Crippen MR) is 59.6 cm³/mol. The number of nitrogens with one attached hydrogen (secondary N) is 1. The first-order valence-electron chi connectivity index (χ1n) is 5.16. The standard InChI is InChI=1S/C8H16NO9P/c1-3(11)9-5-7(13)6(12)4(2-10)17-8(5)18-19(14,15)16/h4-13H,1-2H2,(H2,14,15,16)/t4-,5-,6-,7-,8-/m1/s1. The van der Waals surface area contributed by atoms with Gasteiger partial charge in [0.1, 0.15) is 24.4 Å². The molecular formula is C8H16NO9P. The molecule has 1 aliphatic rings. The summed E-state index contributed by atoms with van der Waals surface area (Å²) >= 11 is 0. The quantitative estimate of drug-likeness (QED) is 0.213. The molecule has 0 saturated carbocycles. The lowest BCUT2D eigenvalue weighted by molar-refractivity contribution is -0.248. The van der Waals surface area contributed by atoms with Crippen molar-refractivity contribution in [3.8, 4) is 0 Å². The van der Waals surface area contributed by atoms with Gasteiger partial charge in [-0.2, -0.15) is 0 Å². The summed E-state index contributed by atoms with van der Waals surface area (Å²) in [5.41, 5.74) is 0. The Balaban J connectivity index is 2.92. The minimum atomic E-state index is -4.95. The third kappa shape index (κ3) is 4.41. The zero-order valence-electron chi connectivity index (χ0n) is 9.66. The topological polar surface area (TPSA) is 169 Å². The van der Waals surface area contributed by atoms with Crippen LogP contribution >= 0.6 is 7.82 Å². The van der Waals surface area contributed by atoms with Gasteiger partial charge in [-0.05, 0) is 6.58 Å². The molecule has 112 valence electrons. The molecule has 1 heterocycles. The molecular weight excluding hydrogens is 285 g/mol. The highest BCUT2D eigenvalue weighted by atomic mass is 31.2. The lowest BCUT2D eigenvalue weighted by Crippen LogP contribution is -2.63. The summed E-state index contributed by atoms with van der Waals surface area (Å²) in [5.74, 6) is -0.624. The molecule has 10 nitrogen and oxygen atoms in total. The van der Waals surface area contributed by atoms with E-state index in [1.165, 1.54) is 0 Å². The van der Waals surface area contributed by atoms with Gasteiger partial charge in [-0.15, -0.1) is 0 Å². The monoisotopic (exact) mass is 301 g/mol. The van der Waals surface area contributed by atoms with E-state index >= 15 is 0 Å². The molecule has 0 aliphatic carbocycles. The van der Waals surface area contributed by atoms with Gasteiger partial charge in [0.25, 0.3) is 0 Å². The maximum atomic E-state index is 10.8. The van der Waals surface area contributed by atoms with Gasteiger partial charge < -0.3 is 40.3 Å². The molecule has 0 radical (unpaired) electrons. The van der Waals surface area contributed by atoms with Gasteiger partial charge in [0.2, 0.25) is 0 Å². The van der Waals surface area contributed by atoms with Crippen molar-refractivity contribution in [2.24, 2.45) is 0 Å². The molecule has 0 aromatic carbocycles. The summed E-state index contributed by atoms with van der Waals surface area (Å²) in [6.07, 6.45) is -6.17. The molecule has 0 aromatic heterocycles. The van der Waals surface area contributed by atoms with E-state index in [1.807, 2.05) is 0 Å². The van der Waals surface area contributed by atoms with Crippen LogP contribution in [-0.4, -0.2) is 67.5 Å². The van der Waals surface area contributed by atoms with Crippen LogP contribution in [0.5, 0.6) is 0 Å². The highest BCUT2D eigenvalue weighted by Crippen LogP contribution is 2.40. The number of hydrogen-bond acceptors (Lipinski definition) is 8. The maximum Gasteiger partial charge on any atom is 0.472 e. The van der Waals surface area contributed by atoms with E-state index in [2.05, 4.69) is 16.4 Å². The summed E-state index contributed by atoms with van der Waals surface area (Å²) < 4.78 is 20.0. The van der Waals surface area contributed by atoms with E-state index in [0.29, 0.717) is 0 Å². The Kier molecular flexibility index (Phi) is 5.30. The Morgan fingerprint density at radius 1 is 1.37 bits per heavy atom. The van der Waals surface area contributed by atoms with Crippen molar-refractivity contribution in [1.82, 2.24) is 5.32 Å². The Morgan fingerprint density at radius 3 is 2.37 bits per heavy atom. The number of ether oxygens (including phenoxy) is 1. The number of phosphoric acid groups is 1. The average molecular weight is 301 g/mol. The minimum Gasteiger partial charge on any atom is -0.495 e. The lowest BCUT2D eigenvalue weighted by atomic mass is 9.97. The summed E-state index contributed by atoms with van der Waals surface area (Å²) in [6, 6.07) is -1.39.